The van der Waals surface area contributed by atoms with Gasteiger partial charge in [0.15, 0.2) is 5.82 Å². The minimum absolute atomic E-state index is 1.01. The van der Waals surface area contributed by atoms with E-state index in [2.05, 4.69) is 45.7 Å². The second kappa shape index (κ2) is 2.76. The Bertz CT molecular complexity index is 675. The molecule has 3 heterocycles. The van der Waals surface area contributed by atoms with Gasteiger partial charge in [0, 0.05) is 19.3 Å². The molecule has 3 heteroatoms. The Morgan fingerprint density at radius 2 is 1.94 bits per heavy atom. The molecule has 0 atom stereocenters. The van der Waals surface area contributed by atoms with E-state index >= 15 is 0 Å². The van der Waals surface area contributed by atoms with E-state index in [-0.39, 0.29) is 0 Å². The highest BCUT2D eigenvalue weighted by Crippen LogP contribution is 2.28. The predicted octanol–water partition coefficient (Wildman–Crippen LogP) is 2.52. The predicted molar refractivity (Wildman–Crippen MR) is 63.2 cm³/mol. The van der Waals surface area contributed by atoms with Crippen molar-refractivity contribution in [2.45, 2.75) is 13.1 Å². The molecular formula is C13H11N3. The summed E-state index contributed by atoms with van der Waals surface area (Å²) in [7, 11) is 0. The number of para-hydroxylation sites is 2. The summed E-state index contributed by atoms with van der Waals surface area (Å²) in [5.74, 6) is 1.09. The van der Waals surface area contributed by atoms with Crippen LogP contribution in [0.3, 0.4) is 0 Å². The molecule has 78 valence electrons. The molecule has 0 amide bonds. The molecule has 0 fully saturated rings. The van der Waals surface area contributed by atoms with Crippen molar-refractivity contribution in [2.75, 3.05) is 0 Å². The normalized spacial score (nSPS) is 13.8. The van der Waals surface area contributed by atoms with Crippen LogP contribution in [0.15, 0.2) is 42.6 Å². The number of benzene rings is 1. The Balaban J connectivity index is 2.13. The number of hydrogen-bond donors (Lipinski definition) is 0. The van der Waals surface area contributed by atoms with Gasteiger partial charge in [-0.1, -0.05) is 12.1 Å². The minimum Gasteiger partial charge on any atom is -0.343 e. The molecule has 1 aliphatic heterocycles. The van der Waals surface area contributed by atoms with Crippen molar-refractivity contribution in [1.29, 1.82) is 0 Å². The lowest BCUT2D eigenvalue weighted by Crippen LogP contribution is -2.15. The van der Waals surface area contributed by atoms with Gasteiger partial charge in [0.25, 0.3) is 0 Å². The van der Waals surface area contributed by atoms with Gasteiger partial charge < -0.3 is 9.13 Å². The quantitative estimate of drug-likeness (QED) is 0.558. The summed E-state index contributed by atoms with van der Waals surface area (Å²) in [5, 5.41) is 0. The minimum atomic E-state index is 1.01. The van der Waals surface area contributed by atoms with E-state index in [0.717, 1.165) is 24.4 Å². The van der Waals surface area contributed by atoms with Gasteiger partial charge in [-0.05, 0) is 24.3 Å². The Labute approximate surface area is 93.0 Å². The SMILES string of the molecule is c1ccc2c(c1)nc1n2CCn2cccc2-1. The first-order chi connectivity index (χ1) is 7.93. The summed E-state index contributed by atoms with van der Waals surface area (Å²) in [6.07, 6.45) is 2.12. The maximum Gasteiger partial charge on any atom is 0.157 e. The standard InChI is InChI=1S/C13H11N3/c1-2-5-11-10(4-1)14-13-12-6-3-7-15(12)8-9-16(11)13/h1-7H,8-9H2. The fourth-order valence-corrected chi connectivity index (χ4v) is 2.52. The first-order valence-electron chi connectivity index (χ1n) is 5.54. The Morgan fingerprint density at radius 3 is 2.94 bits per heavy atom. The van der Waals surface area contributed by atoms with Crippen molar-refractivity contribution in [3.63, 3.8) is 0 Å². The third-order valence-corrected chi connectivity index (χ3v) is 3.28. The molecule has 16 heavy (non-hydrogen) atoms. The van der Waals surface area contributed by atoms with Crippen LogP contribution in [0.2, 0.25) is 0 Å². The average molecular weight is 209 g/mol. The molecule has 1 aromatic carbocycles. The van der Waals surface area contributed by atoms with Crippen LogP contribution in [0.1, 0.15) is 0 Å². The maximum atomic E-state index is 4.71. The van der Waals surface area contributed by atoms with Gasteiger partial charge in [-0.15, -0.1) is 0 Å². The molecule has 0 spiro atoms. The Morgan fingerprint density at radius 1 is 1.00 bits per heavy atom. The van der Waals surface area contributed by atoms with Gasteiger partial charge in [-0.2, -0.15) is 0 Å². The number of hydrogen-bond acceptors (Lipinski definition) is 1. The highest BCUT2D eigenvalue weighted by molar-refractivity contribution is 5.80. The van der Waals surface area contributed by atoms with Gasteiger partial charge in [-0.3, -0.25) is 0 Å². The van der Waals surface area contributed by atoms with E-state index < -0.39 is 0 Å². The molecule has 0 radical (unpaired) electrons. The summed E-state index contributed by atoms with van der Waals surface area (Å²) >= 11 is 0. The van der Waals surface area contributed by atoms with Crippen LogP contribution in [-0.2, 0) is 13.1 Å². The van der Waals surface area contributed by atoms with Crippen molar-refractivity contribution in [1.82, 2.24) is 14.1 Å². The van der Waals surface area contributed by atoms with Gasteiger partial charge in [0.2, 0.25) is 0 Å². The molecule has 0 bridgehead atoms. The maximum absolute atomic E-state index is 4.71. The van der Waals surface area contributed by atoms with Gasteiger partial charge in [-0.25, -0.2) is 4.98 Å². The molecule has 0 unspecified atom stereocenters. The summed E-state index contributed by atoms with van der Waals surface area (Å²) in [4.78, 5) is 4.71. The summed E-state index contributed by atoms with van der Waals surface area (Å²) in [5.41, 5.74) is 3.56. The third-order valence-electron chi connectivity index (χ3n) is 3.28. The number of rotatable bonds is 0. The lowest BCUT2D eigenvalue weighted by atomic mass is 10.3. The van der Waals surface area contributed by atoms with Crippen molar-refractivity contribution < 1.29 is 0 Å². The molecule has 1 aliphatic rings. The first-order valence-corrected chi connectivity index (χ1v) is 5.54. The third kappa shape index (κ3) is 0.902. The highest BCUT2D eigenvalue weighted by atomic mass is 15.2. The summed E-state index contributed by atoms with van der Waals surface area (Å²) < 4.78 is 4.58. The second-order valence-electron chi connectivity index (χ2n) is 4.16. The molecule has 0 aliphatic carbocycles. The second-order valence-corrected chi connectivity index (χ2v) is 4.16. The van der Waals surface area contributed by atoms with Crippen LogP contribution in [0, 0.1) is 0 Å². The largest absolute Gasteiger partial charge is 0.343 e. The van der Waals surface area contributed by atoms with E-state index in [0.29, 0.717) is 0 Å². The van der Waals surface area contributed by atoms with Crippen molar-refractivity contribution in [3.8, 4) is 11.5 Å². The zero-order valence-corrected chi connectivity index (χ0v) is 8.80. The summed E-state index contributed by atoms with van der Waals surface area (Å²) in [6.45, 7) is 2.05. The summed E-state index contributed by atoms with van der Waals surface area (Å²) in [6, 6.07) is 12.6. The van der Waals surface area contributed by atoms with Crippen LogP contribution in [0.5, 0.6) is 0 Å². The van der Waals surface area contributed by atoms with Gasteiger partial charge in [0.05, 0.1) is 16.7 Å². The van der Waals surface area contributed by atoms with Gasteiger partial charge in [0.1, 0.15) is 0 Å². The smallest absolute Gasteiger partial charge is 0.157 e. The molecule has 0 saturated carbocycles. The number of imidazole rings is 1. The Hall–Kier alpha value is -2.03. The van der Waals surface area contributed by atoms with E-state index in [9.17, 15) is 0 Å². The van der Waals surface area contributed by atoms with Gasteiger partial charge >= 0.3 is 0 Å². The lowest BCUT2D eigenvalue weighted by Gasteiger charge is -2.17. The lowest BCUT2D eigenvalue weighted by molar-refractivity contribution is 0.567. The molecule has 4 rings (SSSR count). The zero-order chi connectivity index (χ0) is 10.5. The number of aromatic nitrogens is 3. The zero-order valence-electron chi connectivity index (χ0n) is 8.80. The number of nitrogens with zero attached hydrogens (tertiary/aromatic N) is 3. The van der Waals surface area contributed by atoms with E-state index in [4.69, 9.17) is 4.98 Å². The molecular weight excluding hydrogens is 198 g/mol. The van der Waals surface area contributed by atoms with Crippen LogP contribution < -0.4 is 0 Å². The number of aryl methyl sites for hydroxylation is 2. The van der Waals surface area contributed by atoms with E-state index in [1.54, 1.807) is 0 Å². The van der Waals surface area contributed by atoms with Crippen LogP contribution >= 0.6 is 0 Å². The topological polar surface area (TPSA) is 22.8 Å². The fourth-order valence-electron chi connectivity index (χ4n) is 2.52. The van der Waals surface area contributed by atoms with Crippen LogP contribution in [-0.4, -0.2) is 14.1 Å². The molecule has 2 aromatic heterocycles. The highest BCUT2D eigenvalue weighted by Gasteiger charge is 2.18. The van der Waals surface area contributed by atoms with E-state index in [1.807, 2.05) is 6.07 Å². The number of fused-ring (bicyclic) bond motifs is 5. The molecule has 0 N–H and O–H groups in total. The fraction of sp³-hybridized carbons (Fsp3) is 0.154. The molecule has 3 aromatic rings. The average Bonchev–Trinajstić information content (AvgIpc) is 2.92. The monoisotopic (exact) mass is 209 g/mol. The Kier molecular flexibility index (Phi) is 1.41. The van der Waals surface area contributed by atoms with Crippen LogP contribution in [0.4, 0.5) is 0 Å². The molecule has 0 saturated heterocycles. The first kappa shape index (κ1) is 8.16. The van der Waals surface area contributed by atoms with Crippen molar-refractivity contribution in [2.24, 2.45) is 0 Å². The van der Waals surface area contributed by atoms with E-state index in [1.165, 1.54) is 11.2 Å². The van der Waals surface area contributed by atoms with Crippen molar-refractivity contribution >= 4 is 11.0 Å². The van der Waals surface area contributed by atoms with Crippen LogP contribution in [0.25, 0.3) is 22.6 Å². The molecule has 3 nitrogen and oxygen atoms in total. The van der Waals surface area contributed by atoms with Crippen molar-refractivity contribution in [3.05, 3.63) is 42.6 Å².